The normalized spacial score (nSPS) is 11.3. The Kier molecular flexibility index (Phi) is 3.34. The molecule has 1 aromatic heterocycles. The first-order valence-electron chi connectivity index (χ1n) is 4.66. The monoisotopic (exact) mass is 228 g/mol. The van der Waals surface area contributed by atoms with Gasteiger partial charge >= 0.3 is 5.97 Å². The topological polar surface area (TPSA) is 42.4 Å². The van der Waals surface area contributed by atoms with Gasteiger partial charge in [-0.15, -0.1) is 0 Å². The van der Waals surface area contributed by atoms with Crippen LogP contribution < -0.4 is 4.90 Å². The molecule has 0 saturated heterocycles. The minimum Gasteiger partial charge on any atom is -0.456 e. The summed E-state index contributed by atoms with van der Waals surface area (Å²) in [6.45, 7) is 5.54. The van der Waals surface area contributed by atoms with Crippen LogP contribution in [0.3, 0.4) is 0 Å². The molecule has 0 aromatic carbocycles. The van der Waals surface area contributed by atoms with Gasteiger partial charge in [-0.1, -0.05) is 11.3 Å². The number of ether oxygens (including phenoxy) is 1. The fourth-order valence-corrected chi connectivity index (χ4v) is 1.61. The Bertz CT molecular complexity index is 353. The van der Waals surface area contributed by atoms with E-state index in [2.05, 4.69) is 4.98 Å². The zero-order valence-electron chi connectivity index (χ0n) is 9.70. The van der Waals surface area contributed by atoms with Crippen LogP contribution in [0, 0.1) is 0 Å². The van der Waals surface area contributed by atoms with Gasteiger partial charge in [-0.25, -0.2) is 9.78 Å². The number of aromatic nitrogens is 1. The summed E-state index contributed by atoms with van der Waals surface area (Å²) in [6, 6.07) is 0. The van der Waals surface area contributed by atoms with E-state index in [4.69, 9.17) is 4.74 Å². The zero-order chi connectivity index (χ0) is 11.6. The van der Waals surface area contributed by atoms with Gasteiger partial charge in [-0.2, -0.15) is 0 Å². The summed E-state index contributed by atoms with van der Waals surface area (Å²) < 4.78 is 5.23. The zero-order valence-corrected chi connectivity index (χ0v) is 10.5. The molecule has 1 rings (SSSR count). The Labute approximate surface area is 93.9 Å². The minimum absolute atomic E-state index is 0.312. The average Bonchev–Trinajstić information content (AvgIpc) is 2.47. The number of hydrogen-bond donors (Lipinski definition) is 0. The number of anilines is 1. The first-order valence-corrected chi connectivity index (χ1v) is 5.48. The summed E-state index contributed by atoms with van der Waals surface area (Å²) in [5.41, 5.74) is -0.459. The molecule has 0 fully saturated rings. The first kappa shape index (κ1) is 12.0. The van der Waals surface area contributed by atoms with Crippen LogP contribution in [0.2, 0.25) is 0 Å². The predicted molar refractivity (Wildman–Crippen MR) is 61.6 cm³/mol. The van der Waals surface area contributed by atoms with Crippen molar-refractivity contribution in [2.75, 3.05) is 19.0 Å². The summed E-state index contributed by atoms with van der Waals surface area (Å²) in [5.74, 6) is -0.312. The SMILES string of the molecule is CN(C)c1ncc(C(=O)OC(C)(C)C)s1. The van der Waals surface area contributed by atoms with E-state index in [1.54, 1.807) is 6.20 Å². The molecular weight excluding hydrogens is 212 g/mol. The Morgan fingerprint density at radius 3 is 2.47 bits per heavy atom. The van der Waals surface area contributed by atoms with Gasteiger partial charge in [0.2, 0.25) is 0 Å². The van der Waals surface area contributed by atoms with Crippen molar-refractivity contribution in [3.63, 3.8) is 0 Å². The van der Waals surface area contributed by atoms with Crippen LogP contribution in [0.5, 0.6) is 0 Å². The number of esters is 1. The number of thiazole rings is 1. The summed E-state index contributed by atoms with van der Waals surface area (Å²) in [4.78, 5) is 18.1. The fraction of sp³-hybridized carbons (Fsp3) is 0.600. The lowest BCUT2D eigenvalue weighted by atomic mass is 10.2. The number of hydrogen-bond acceptors (Lipinski definition) is 5. The highest BCUT2D eigenvalue weighted by Crippen LogP contribution is 2.22. The van der Waals surface area contributed by atoms with Gasteiger partial charge in [0, 0.05) is 14.1 Å². The van der Waals surface area contributed by atoms with Crippen LogP contribution in [0.15, 0.2) is 6.20 Å². The highest BCUT2D eigenvalue weighted by Gasteiger charge is 2.20. The lowest BCUT2D eigenvalue weighted by Gasteiger charge is -2.18. The molecule has 0 unspecified atom stereocenters. The van der Waals surface area contributed by atoms with Crippen LogP contribution in [0.25, 0.3) is 0 Å². The van der Waals surface area contributed by atoms with Crippen molar-refractivity contribution in [1.82, 2.24) is 4.98 Å². The van der Waals surface area contributed by atoms with Crippen molar-refractivity contribution in [2.24, 2.45) is 0 Å². The van der Waals surface area contributed by atoms with Crippen molar-refractivity contribution >= 4 is 22.4 Å². The predicted octanol–water partition coefficient (Wildman–Crippen LogP) is 2.16. The van der Waals surface area contributed by atoms with Gasteiger partial charge in [-0.3, -0.25) is 0 Å². The van der Waals surface area contributed by atoms with Crippen LogP contribution >= 0.6 is 11.3 Å². The van der Waals surface area contributed by atoms with E-state index in [1.165, 1.54) is 11.3 Å². The average molecular weight is 228 g/mol. The lowest BCUT2D eigenvalue weighted by molar-refractivity contribution is 0.00750. The van der Waals surface area contributed by atoms with Crippen LogP contribution in [0.1, 0.15) is 30.4 Å². The number of nitrogens with zero attached hydrogens (tertiary/aromatic N) is 2. The van der Waals surface area contributed by atoms with Gasteiger partial charge in [0.15, 0.2) is 5.13 Å². The third-order valence-electron chi connectivity index (χ3n) is 1.48. The highest BCUT2D eigenvalue weighted by molar-refractivity contribution is 7.17. The number of carbonyl (C=O) groups is 1. The fourth-order valence-electron chi connectivity index (χ4n) is 0.894. The molecule has 0 bridgehead atoms. The van der Waals surface area contributed by atoms with E-state index in [0.29, 0.717) is 4.88 Å². The molecule has 0 saturated carbocycles. The molecule has 4 nitrogen and oxygen atoms in total. The molecule has 0 atom stereocenters. The molecular formula is C10H16N2O2S. The summed E-state index contributed by atoms with van der Waals surface area (Å²) >= 11 is 1.33. The maximum absolute atomic E-state index is 11.6. The molecule has 0 amide bonds. The van der Waals surface area contributed by atoms with Crippen molar-refractivity contribution in [2.45, 2.75) is 26.4 Å². The van der Waals surface area contributed by atoms with E-state index in [9.17, 15) is 4.79 Å². The third kappa shape index (κ3) is 3.51. The molecule has 15 heavy (non-hydrogen) atoms. The van der Waals surface area contributed by atoms with E-state index in [0.717, 1.165) is 5.13 Å². The van der Waals surface area contributed by atoms with Gasteiger partial charge in [-0.05, 0) is 20.8 Å². The molecule has 0 aliphatic heterocycles. The summed E-state index contributed by atoms with van der Waals surface area (Å²) in [5, 5.41) is 0.802. The second kappa shape index (κ2) is 4.18. The number of rotatable bonds is 2. The Hall–Kier alpha value is -1.10. The van der Waals surface area contributed by atoms with Crippen molar-refractivity contribution < 1.29 is 9.53 Å². The van der Waals surface area contributed by atoms with Gasteiger partial charge in [0.25, 0.3) is 0 Å². The second-order valence-corrected chi connectivity index (χ2v) is 5.41. The molecule has 84 valence electrons. The van der Waals surface area contributed by atoms with Crippen LogP contribution in [-0.4, -0.2) is 30.6 Å². The molecule has 0 aliphatic carbocycles. The molecule has 1 aromatic rings. The largest absolute Gasteiger partial charge is 0.456 e. The summed E-state index contributed by atoms with van der Waals surface area (Å²) in [6.07, 6.45) is 1.55. The summed E-state index contributed by atoms with van der Waals surface area (Å²) in [7, 11) is 3.77. The maximum Gasteiger partial charge on any atom is 0.350 e. The van der Waals surface area contributed by atoms with Gasteiger partial charge in [0.1, 0.15) is 10.5 Å². The molecule has 5 heteroatoms. The van der Waals surface area contributed by atoms with Gasteiger partial charge < -0.3 is 9.64 Å². The molecule has 0 N–H and O–H groups in total. The Balaban J connectivity index is 2.75. The van der Waals surface area contributed by atoms with Gasteiger partial charge in [0.05, 0.1) is 6.20 Å². The van der Waals surface area contributed by atoms with Crippen molar-refractivity contribution in [3.05, 3.63) is 11.1 Å². The standard InChI is InChI=1S/C10H16N2O2S/c1-10(2,3)14-8(13)7-6-11-9(15-7)12(4)5/h6H,1-5H3. The Morgan fingerprint density at radius 1 is 1.47 bits per heavy atom. The van der Waals surface area contributed by atoms with Crippen molar-refractivity contribution in [1.29, 1.82) is 0 Å². The van der Waals surface area contributed by atoms with E-state index < -0.39 is 5.60 Å². The van der Waals surface area contributed by atoms with Crippen molar-refractivity contribution in [3.8, 4) is 0 Å². The molecule has 0 radical (unpaired) electrons. The quantitative estimate of drug-likeness (QED) is 0.727. The maximum atomic E-state index is 11.6. The smallest absolute Gasteiger partial charge is 0.350 e. The second-order valence-electron chi connectivity index (χ2n) is 4.40. The Morgan fingerprint density at radius 2 is 2.07 bits per heavy atom. The first-order chi connectivity index (χ1) is 6.79. The van der Waals surface area contributed by atoms with E-state index in [1.807, 2.05) is 39.8 Å². The third-order valence-corrected chi connectivity index (χ3v) is 2.62. The molecule has 1 heterocycles. The minimum atomic E-state index is -0.459. The van der Waals surface area contributed by atoms with E-state index in [-0.39, 0.29) is 5.97 Å². The van der Waals surface area contributed by atoms with Crippen LogP contribution in [0.4, 0.5) is 5.13 Å². The molecule has 0 spiro atoms. The lowest BCUT2D eigenvalue weighted by Crippen LogP contribution is -2.23. The number of carbonyl (C=O) groups excluding carboxylic acids is 1. The molecule has 0 aliphatic rings. The highest BCUT2D eigenvalue weighted by atomic mass is 32.1. The van der Waals surface area contributed by atoms with E-state index >= 15 is 0 Å². The van der Waals surface area contributed by atoms with Crippen LogP contribution in [-0.2, 0) is 4.74 Å².